The summed E-state index contributed by atoms with van der Waals surface area (Å²) in [6.07, 6.45) is 0.906. The highest BCUT2D eigenvalue weighted by molar-refractivity contribution is 7.51. The largest absolute Gasteiger partial charge is 0.404 e. The molecular formula is C7H19N2O3P. The van der Waals surface area contributed by atoms with Gasteiger partial charge in [0.05, 0.1) is 0 Å². The Bertz CT molecular complexity index is 167. The van der Waals surface area contributed by atoms with Gasteiger partial charge in [0.1, 0.15) is 0 Å². The monoisotopic (exact) mass is 210 g/mol. The Morgan fingerprint density at radius 1 is 1.31 bits per heavy atom. The molecular weight excluding hydrogens is 191 g/mol. The standard InChI is InChI=1S/C7H19N2O3P/c1-9(2)7-5-6-8-13(10,11-3)12-4/h5-7H2,1-4H3,(H,8,10). The lowest BCUT2D eigenvalue weighted by Gasteiger charge is -2.15. The van der Waals surface area contributed by atoms with Gasteiger partial charge in [0.15, 0.2) is 0 Å². The van der Waals surface area contributed by atoms with Crippen LogP contribution in [0.5, 0.6) is 0 Å². The first-order valence-electron chi connectivity index (χ1n) is 4.15. The summed E-state index contributed by atoms with van der Waals surface area (Å²) in [7, 11) is 3.70. The van der Waals surface area contributed by atoms with Crippen LogP contribution in [0.15, 0.2) is 0 Å². The van der Waals surface area contributed by atoms with Crippen molar-refractivity contribution in [1.29, 1.82) is 0 Å². The van der Waals surface area contributed by atoms with Crippen LogP contribution in [-0.4, -0.2) is 46.3 Å². The van der Waals surface area contributed by atoms with Crippen molar-refractivity contribution in [1.82, 2.24) is 9.99 Å². The fourth-order valence-corrected chi connectivity index (χ4v) is 1.65. The molecule has 13 heavy (non-hydrogen) atoms. The quantitative estimate of drug-likeness (QED) is 0.500. The Balaban J connectivity index is 3.56. The van der Waals surface area contributed by atoms with E-state index in [2.05, 4.69) is 9.99 Å². The molecule has 0 heterocycles. The van der Waals surface area contributed by atoms with Crippen LogP contribution >= 0.6 is 7.75 Å². The maximum atomic E-state index is 11.4. The molecule has 0 unspecified atom stereocenters. The molecule has 0 spiro atoms. The van der Waals surface area contributed by atoms with Crippen LogP contribution in [0.3, 0.4) is 0 Å². The second-order valence-corrected chi connectivity index (χ2v) is 4.97. The molecule has 0 saturated heterocycles. The topological polar surface area (TPSA) is 50.8 Å². The zero-order valence-corrected chi connectivity index (χ0v) is 9.63. The van der Waals surface area contributed by atoms with Gasteiger partial charge in [-0.1, -0.05) is 0 Å². The smallest absolute Gasteiger partial charge is 0.309 e. The van der Waals surface area contributed by atoms with Crippen molar-refractivity contribution in [2.24, 2.45) is 0 Å². The predicted octanol–water partition coefficient (Wildman–Crippen LogP) is 0.929. The number of hydrogen-bond acceptors (Lipinski definition) is 4. The van der Waals surface area contributed by atoms with E-state index < -0.39 is 7.75 Å². The second-order valence-electron chi connectivity index (χ2n) is 2.93. The highest BCUT2D eigenvalue weighted by Crippen LogP contribution is 2.40. The van der Waals surface area contributed by atoms with Gasteiger partial charge in [-0.05, 0) is 27.1 Å². The molecule has 0 aliphatic heterocycles. The third-order valence-electron chi connectivity index (χ3n) is 1.57. The van der Waals surface area contributed by atoms with Crippen LogP contribution in [0.25, 0.3) is 0 Å². The number of rotatable bonds is 7. The number of nitrogens with one attached hydrogen (secondary N) is 1. The van der Waals surface area contributed by atoms with E-state index in [0.717, 1.165) is 13.0 Å². The molecule has 1 N–H and O–H groups in total. The van der Waals surface area contributed by atoms with E-state index >= 15 is 0 Å². The van der Waals surface area contributed by atoms with Gasteiger partial charge < -0.3 is 13.9 Å². The first-order chi connectivity index (χ1) is 6.04. The average molecular weight is 210 g/mol. The van der Waals surface area contributed by atoms with Crippen molar-refractivity contribution in [2.45, 2.75) is 6.42 Å². The molecule has 0 radical (unpaired) electrons. The van der Waals surface area contributed by atoms with Gasteiger partial charge in [-0.3, -0.25) is 0 Å². The van der Waals surface area contributed by atoms with E-state index in [0.29, 0.717) is 6.54 Å². The van der Waals surface area contributed by atoms with E-state index in [1.807, 2.05) is 14.1 Å². The molecule has 0 aromatic rings. The summed E-state index contributed by atoms with van der Waals surface area (Å²) in [5.41, 5.74) is 0. The zero-order valence-electron chi connectivity index (χ0n) is 8.74. The van der Waals surface area contributed by atoms with E-state index in [9.17, 15) is 4.57 Å². The molecule has 0 saturated carbocycles. The molecule has 0 amide bonds. The molecule has 0 aliphatic carbocycles. The minimum absolute atomic E-state index is 0.622. The molecule has 5 nitrogen and oxygen atoms in total. The molecule has 0 atom stereocenters. The molecule has 0 aromatic carbocycles. The molecule has 0 bridgehead atoms. The minimum atomic E-state index is -3.01. The predicted molar refractivity (Wildman–Crippen MR) is 52.8 cm³/mol. The van der Waals surface area contributed by atoms with Gasteiger partial charge >= 0.3 is 7.75 Å². The van der Waals surface area contributed by atoms with Crippen LogP contribution in [-0.2, 0) is 13.6 Å². The fraction of sp³-hybridized carbons (Fsp3) is 1.00. The van der Waals surface area contributed by atoms with Gasteiger partial charge in [-0.2, -0.15) is 0 Å². The van der Waals surface area contributed by atoms with Gasteiger partial charge in [0.25, 0.3) is 0 Å². The maximum absolute atomic E-state index is 11.4. The summed E-state index contributed by atoms with van der Waals surface area (Å²) in [6, 6.07) is 0. The lowest BCUT2D eigenvalue weighted by Crippen LogP contribution is -2.20. The van der Waals surface area contributed by atoms with Gasteiger partial charge in [0, 0.05) is 20.8 Å². The van der Waals surface area contributed by atoms with Gasteiger partial charge in [-0.25, -0.2) is 9.65 Å². The lowest BCUT2D eigenvalue weighted by molar-refractivity contribution is 0.263. The van der Waals surface area contributed by atoms with E-state index in [4.69, 9.17) is 9.05 Å². The summed E-state index contributed by atoms with van der Waals surface area (Å²) in [5, 5.41) is 2.74. The lowest BCUT2D eigenvalue weighted by atomic mass is 10.4. The van der Waals surface area contributed by atoms with Crippen molar-refractivity contribution >= 4 is 7.75 Å². The first kappa shape index (κ1) is 13.1. The van der Waals surface area contributed by atoms with Crippen LogP contribution in [0.1, 0.15) is 6.42 Å². The van der Waals surface area contributed by atoms with Crippen molar-refractivity contribution in [3.63, 3.8) is 0 Å². The first-order valence-corrected chi connectivity index (χ1v) is 5.69. The van der Waals surface area contributed by atoms with Crippen LogP contribution in [0, 0.1) is 0 Å². The van der Waals surface area contributed by atoms with Crippen LogP contribution in [0.2, 0.25) is 0 Å². The van der Waals surface area contributed by atoms with Crippen molar-refractivity contribution in [3.8, 4) is 0 Å². The molecule has 0 aromatic heterocycles. The molecule has 6 heteroatoms. The summed E-state index contributed by atoms with van der Waals surface area (Å²) >= 11 is 0. The Morgan fingerprint density at radius 2 is 1.85 bits per heavy atom. The molecule has 0 rings (SSSR count). The highest BCUT2D eigenvalue weighted by atomic mass is 31.2. The Kier molecular flexibility index (Phi) is 6.55. The molecule has 0 aliphatic rings. The SMILES string of the molecule is COP(=O)(NCCCN(C)C)OC. The highest BCUT2D eigenvalue weighted by Gasteiger charge is 2.18. The summed E-state index contributed by atoms with van der Waals surface area (Å²) in [6.45, 7) is 1.57. The van der Waals surface area contributed by atoms with E-state index in [1.54, 1.807) is 0 Å². The number of nitrogens with zero attached hydrogens (tertiary/aromatic N) is 1. The molecule has 80 valence electrons. The third-order valence-corrected chi connectivity index (χ3v) is 3.14. The summed E-state index contributed by atoms with van der Waals surface area (Å²) < 4.78 is 20.8. The van der Waals surface area contributed by atoms with Crippen LogP contribution in [0.4, 0.5) is 0 Å². The maximum Gasteiger partial charge on any atom is 0.404 e. The Labute approximate surface area is 80.0 Å². The van der Waals surface area contributed by atoms with Crippen molar-refractivity contribution in [3.05, 3.63) is 0 Å². The van der Waals surface area contributed by atoms with Crippen molar-refractivity contribution in [2.75, 3.05) is 41.4 Å². The summed E-state index contributed by atoms with van der Waals surface area (Å²) in [5.74, 6) is 0. The van der Waals surface area contributed by atoms with E-state index in [-0.39, 0.29) is 0 Å². The zero-order chi connectivity index (χ0) is 10.3. The summed E-state index contributed by atoms with van der Waals surface area (Å²) in [4.78, 5) is 2.06. The van der Waals surface area contributed by atoms with Crippen LogP contribution < -0.4 is 5.09 Å². The number of hydrogen-bond donors (Lipinski definition) is 1. The average Bonchev–Trinajstić information content (AvgIpc) is 2.12. The normalized spacial score (nSPS) is 12.4. The van der Waals surface area contributed by atoms with Gasteiger partial charge in [0.2, 0.25) is 0 Å². The molecule has 0 fully saturated rings. The minimum Gasteiger partial charge on any atom is -0.309 e. The second kappa shape index (κ2) is 6.51. The Hall–Kier alpha value is 0.0700. The van der Waals surface area contributed by atoms with E-state index in [1.165, 1.54) is 14.2 Å². The van der Waals surface area contributed by atoms with Crippen molar-refractivity contribution < 1.29 is 13.6 Å². The van der Waals surface area contributed by atoms with Gasteiger partial charge in [-0.15, -0.1) is 0 Å². The third kappa shape index (κ3) is 6.18. The fourth-order valence-electron chi connectivity index (χ4n) is 0.815. The Morgan fingerprint density at radius 3 is 2.23 bits per heavy atom.